The van der Waals surface area contributed by atoms with Crippen LogP contribution in [0.2, 0.25) is 5.04 Å². The molecule has 0 aromatic heterocycles. The first-order valence-corrected chi connectivity index (χ1v) is 17.2. The van der Waals surface area contributed by atoms with Gasteiger partial charge in [0.05, 0.1) is 99.6 Å². The summed E-state index contributed by atoms with van der Waals surface area (Å²) in [6.07, 6.45) is 0. The summed E-state index contributed by atoms with van der Waals surface area (Å²) in [5.41, 5.74) is 0. The van der Waals surface area contributed by atoms with E-state index >= 15 is 0 Å². The van der Waals surface area contributed by atoms with E-state index in [4.69, 9.17) is 37.6 Å². The van der Waals surface area contributed by atoms with Crippen molar-refractivity contribution in [3.8, 4) is 0 Å². The molecule has 0 unspecified atom stereocenters. The lowest BCUT2D eigenvalue weighted by molar-refractivity contribution is -0.146. The normalized spacial score (nSPS) is 12.0. The molecule has 2 aromatic carbocycles. The molecule has 0 atom stereocenters. The van der Waals surface area contributed by atoms with E-state index < -0.39 is 14.3 Å². The second-order valence-electron chi connectivity index (χ2n) is 10.8. The Morgan fingerprint density at radius 3 is 1.16 bits per heavy atom. The number of esters is 1. The highest BCUT2D eigenvalue weighted by Crippen LogP contribution is 2.36. The van der Waals surface area contributed by atoms with Gasteiger partial charge in [0.2, 0.25) is 0 Å². The zero-order valence-corrected chi connectivity index (χ0v) is 28.0. The lowest BCUT2D eigenvalue weighted by Gasteiger charge is -2.43. The monoisotopic (exact) mass is 636 g/mol. The highest BCUT2D eigenvalue weighted by Gasteiger charge is 2.49. The third-order valence-electron chi connectivity index (χ3n) is 6.64. The minimum absolute atomic E-state index is 0.0563. The molecule has 2 rings (SSSR count). The lowest BCUT2D eigenvalue weighted by Crippen LogP contribution is -2.66. The second kappa shape index (κ2) is 23.2. The maximum atomic E-state index is 10.9. The highest BCUT2D eigenvalue weighted by atomic mass is 28.4. The average molecular weight is 637 g/mol. The van der Waals surface area contributed by atoms with Crippen LogP contribution in [0, 0.1) is 0 Å². The fourth-order valence-corrected chi connectivity index (χ4v) is 9.09. The van der Waals surface area contributed by atoms with E-state index in [1.807, 2.05) is 12.1 Å². The summed E-state index contributed by atoms with van der Waals surface area (Å²) in [5, 5.41) is 2.47. The fourth-order valence-electron chi connectivity index (χ4n) is 4.55. The number of rotatable bonds is 26. The minimum atomic E-state index is -2.53. The molecule has 0 aliphatic carbocycles. The van der Waals surface area contributed by atoms with Crippen LogP contribution in [-0.2, 0) is 47.1 Å². The van der Waals surface area contributed by atoms with Gasteiger partial charge < -0.3 is 42.3 Å². The van der Waals surface area contributed by atoms with Crippen LogP contribution < -0.4 is 10.4 Å². The molecule has 0 heterocycles. The summed E-state index contributed by atoms with van der Waals surface area (Å²) in [4.78, 5) is 10.9. The minimum Gasteiger partial charge on any atom is -0.467 e. The van der Waals surface area contributed by atoms with Crippen LogP contribution in [0.4, 0.5) is 0 Å². The third kappa shape index (κ3) is 14.7. The van der Waals surface area contributed by atoms with Gasteiger partial charge in [-0.3, -0.25) is 0 Å². The molecule has 248 valence electrons. The van der Waals surface area contributed by atoms with Crippen molar-refractivity contribution in [2.75, 3.05) is 106 Å². The van der Waals surface area contributed by atoms with Crippen LogP contribution in [0.3, 0.4) is 0 Å². The summed E-state index contributed by atoms with van der Waals surface area (Å²) in [7, 11) is -1.21. The maximum Gasteiger partial charge on any atom is 0.331 e. The number of methoxy groups -OCH3 is 1. The van der Waals surface area contributed by atoms with Gasteiger partial charge in [0.15, 0.2) is 0 Å². The predicted octanol–water partition coefficient (Wildman–Crippen LogP) is 2.85. The van der Waals surface area contributed by atoms with Crippen molar-refractivity contribution in [2.24, 2.45) is 0 Å². The number of carbonyl (C=O) groups is 1. The van der Waals surface area contributed by atoms with Crippen LogP contribution in [0.1, 0.15) is 20.8 Å². The largest absolute Gasteiger partial charge is 0.467 e. The zero-order valence-electron chi connectivity index (χ0n) is 27.0. The van der Waals surface area contributed by atoms with Crippen molar-refractivity contribution in [1.29, 1.82) is 0 Å². The van der Waals surface area contributed by atoms with E-state index in [2.05, 4.69) is 74.0 Å². The SMILES string of the molecule is COC(=O)COCCOCCOCCOCCOCCOCCOCCO[Si](c1ccccc1)(c1ccccc1)C(C)(C)C. The van der Waals surface area contributed by atoms with Gasteiger partial charge in [-0.2, -0.15) is 0 Å². The van der Waals surface area contributed by atoms with Crippen molar-refractivity contribution >= 4 is 24.7 Å². The third-order valence-corrected chi connectivity index (χ3v) is 11.7. The summed E-state index contributed by atoms with van der Waals surface area (Å²) < 4.78 is 49.6. The molecular weight excluding hydrogens is 584 g/mol. The number of hydrogen-bond donors (Lipinski definition) is 0. The van der Waals surface area contributed by atoms with E-state index in [9.17, 15) is 4.79 Å². The van der Waals surface area contributed by atoms with Crippen molar-refractivity contribution < 1.29 is 47.1 Å². The maximum absolute atomic E-state index is 10.9. The summed E-state index contributed by atoms with van der Waals surface area (Å²) in [6, 6.07) is 21.2. The van der Waals surface area contributed by atoms with Gasteiger partial charge in [-0.05, 0) is 15.4 Å². The van der Waals surface area contributed by atoms with Gasteiger partial charge in [0, 0.05) is 0 Å². The summed E-state index contributed by atoms with van der Waals surface area (Å²) in [6.45, 7) is 13.4. The molecule has 0 aliphatic rings. The smallest absolute Gasteiger partial charge is 0.331 e. The molecule has 0 fully saturated rings. The van der Waals surface area contributed by atoms with Gasteiger partial charge >= 0.3 is 5.97 Å². The number of hydrogen-bond acceptors (Lipinski definition) is 10. The topological polar surface area (TPSA) is 100 Å². The van der Waals surface area contributed by atoms with Gasteiger partial charge in [-0.25, -0.2) is 4.79 Å². The van der Waals surface area contributed by atoms with Crippen molar-refractivity contribution in [2.45, 2.75) is 25.8 Å². The van der Waals surface area contributed by atoms with E-state index in [0.29, 0.717) is 92.5 Å². The van der Waals surface area contributed by atoms with Crippen molar-refractivity contribution in [1.82, 2.24) is 0 Å². The first-order valence-electron chi connectivity index (χ1n) is 15.3. The molecule has 0 spiro atoms. The molecule has 0 aliphatic heterocycles. The Kier molecular flexibility index (Phi) is 20.0. The number of benzene rings is 2. The molecule has 2 aromatic rings. The van der Waals surface area contributed by atoms with Crippen LogP contribution in [-0.4, -0.2) is 120 Å². The van der Waals surface area contributed by atoms with Crippen LogP contribution in [0.15, 0.2) is 60.7 Å². The molecule has 44 heavy (non-hydrogen) atoms. The Labute approximate surface area is 264 Å². The summed E-state index contributed by atoms with van der Waals surface area (Å²) in [5.74, 6) is -0.404. The molecule has 0 amide bonds. The van der Waals surface area contributed by atoms with Crippen LogP contribution in [0.25, 0.3) is 0 Å². The number of ether oxygens (including phenoxy) is 8. The first kappa shape index (κ1) is 38.0. The second-order valence-corrected chi connectivity index (χ2v) is 15.1. The van der Waals surface area contributed by atoms with Crippen LogP contribution >= 0.6 is 0 Å². The fraction of sp³-hybridized carbons (Fsp3) is 0.606. The standard InChI is InChI=1S/C33H52O10Si/c1-33(2,3)44(30-11-7-5-8-12-30,31-13-9-6-10-14-31)43-28-27-41-24-23-39-20-19-37-16-15-36-17-18-38-21-22-40-25-26-42-29-32(34)35-4/h5-14H,15-29H2,1-4H3. The van der Waals surface area contributed by atoms with E-state index in [0.717, 1.165) is 0 Å². The molecule has 0 bridgehead atoms. The molecule has 11 heteroatoms. The van der Waals surface area contributed by atoms with E-state index in [1.54, 1.807) is 0 Å². The Morgan fingerprint density at radius 2 is 0.841 bits per heavy atom. The van der Waals surface area contributed by atoms with Gasteiger partial charge in [0.1, 0.15) is 6.61 Å². The quantitative estimate of drug-likeness (QED) is 0.0871. The van der Waals surface area contributed by atoms with E-state index in [-0.39, 0.29) is 11.6 Å². The Hall–Kier alpha value is -2.19. The Balaban J connectivity index is 1.44. The molecular formula is C33H52O10Si. The predicted molar refractivity (Wildman–Crippen MR) is 171 cm³/mol. The average Bonchev–Trinajstić information content (AvgIpc) is 3.03. The van der Waals surface area contributed by atoms with E-state index in [1.165, 1.54) is 17.5 Å². The Bertz CT molecular complexity index is 932. The first-order chi connectivity index (χ1) is 21.4. The molecule has 0 N–H and O–H groups in total. The van der Waals surface area contributed by atoms with Gasteiger partial charge in [-0.1, -0.05) is 81.4 Å². The van der Waals surface area contributed by atoms with Crippen molar-refractivity contribution in [3.05, 3.63) is 60.7 Å². The molecule has 0 saturated heterocycles. The Morgan fingerprint density at radius 1 is 0.523 bits per heavy atom. The number of carbonyl (C=O) groups excluding carboxylic acids is 1. The van der Waals surface area contributed by atoms with Crippen molar-refractivity contribution in [3.63, 3.8) is 0 Å². The lowest BCUT2D eigenvalue weighted by atomic mass is 10.2. The van der Waals surface area contributed by atoms with Gasteiger partial charge in [0.25, 0.3) is 8.32 Å². The summed E-state index contributed by atoms with van der Waals surface area (Å²) >= 11 is 0. The highest BCUT2D eigenvalue weighted by molar-refractivity contribution is 6.99. The van der Waals surface area contributed by atoms with Gasteiger partial charge in [-0.15, -0.1) is 0 Å². The molecule has 0 saturated carbocycles. The van der Waals surface area contributed by atoms with Crippen LogP contribution in [0.5, 0.6) is 0 Å². The zero-order chi connectivity index (χ0) is 31.8. The molecule has 0 radical (unpaired) electrons. The molecule has 10 nitrogen and oxygen atoms in total.